The number of fused-ring (bicyclic) bond motifs is 4. The molecule has 0 saturated carbocycles. The van der Waals surface area contributed by atoms with Gasteiger partial charge >= 0.3 is 0 Å². The topological polar surface area (TPSA) is 252 Å². The second-order valence-corrected chi connectivity index (χ2v) is 45.9. The SMILES string of the molecule is CC(C)(C)C(=O)C=C(O)C(C)(C)C.CC(C)(C)C(=O)C=C(O)C(C)(C)C.CC(C)(C)C(=O)C=C(O)C(C)(C)C.CC(C)(C)C(=O)C=C(O)C(C)(C)C.CCC(C)(CC)c1cc(C)[c-]c(-c2nc(C)c3ccccc3n2)c1.CCC(C)c1cc(C)[c-]c(-c2cnc3ccccc3n2)c1.Cc1[c-]c(-c2cnc3ccccc3n2)cc(C(C)(C)C)c1.Cc1[c-]c(-c2cnc3ccccc3n2)cc(C(C)C)c1.[Ir].[Ir].[Ir].[Ir]. The first-order valence-electron chi connectivity index (χ1n) is 48.3. The number of para-hydroxylation sites is 7. The molecule has 1 unspecified atom stereocenters. The van der Waals surface area contributed by atoms with E-state index >= 15 is 0 Å². The van der Waals surface area contributed by atoms with Gasteiger partial charge in [-0.25, -0.2) is 0 Å². The van der Waals surface area contributed by atoms with Crippen LogP contribution in [0.4, 0.5) is 0 Å². The number of benzene rings is 8. The van der Waals surface area contributed by atoms with Crippen LogP contribution in [0.1, 0.15) is 317 Å². The van der Waals surface area contributed by atoms with Crippen LogP contribution in [0.25, 0.3) is 89.2 Å². The summed E-state index contributed by atoms with van der Waals surface area (Å²) in [5.74, 6) is 2.23. The van der Waals surface area contributed by atoms with E-state index in [1.54, 1.807) is 0 Å². The van der Waals surface area contributed by atoms with Crippen LogP contribution in [-0.2, 0) is 110 Å². The van der Waals surface area contributed by atoms with E-state index in [0.717, 1.165) is 136 Å². The van der Waals surface area contributed by atoms with Gasteiger partial charge in [-0.05, 0) is 84.9 Å². The third-order valence-corrected chi connectivity index (χ3v) is 23.3. The zero-order chi connectivity index (χ0) is 105. The Morgan fingerprint density at radius 3 is 0.880 bits per heavy atom. The fraction of sp³-hybridized carbons (Fsp3) is 0.443. The maximum Gasteiger partial charge on any atom is 0.164 e. The Balaban J connectivity index is 0.000000819. The molecule has 12 aromatic rings. The first-order valence-corrected chi connectivity index (χ1v) is 48.3. The van der Waals surface area contributed by atoms with E-state index in [-0.39, 0.29) is 159 Å². The van der Waals surface area contributed by atoms with Crippen molar-refractivity contribution >= 4 is 67.1 Å². The molecule has 0 saturated heterocycles. The molecule has 20 heteroatoms. The van der Waals surface area contributed by atoms with E-state index in [0.29, 0.717) is 11.8 Å². The normalized spacial score (nSPS) is 12.5. The Labute approximate surface area is 905 Å². The van der Waals surface area contributed by atoms with E-state index in [2.05, 4.69) is 191 Å². The van der Waals surface area contributed by atoms with Gasteiger partial charge in [0.2, 0.25) is 0 Å². The van der Waals surface area contributed by atoms with E-state index in [1.807, 2.05) is 283 Å². The number of hydrogen-bond donors (Lipinski definition) is 4. The third-order valence-electron chi connectivity index (χ3n) is 23.3. The van der Waals surface area contributed by atoms with Gasteiger partial charge in [-0.15, -0.1) is 140 Å². The van der Waals surface area contributed by atoms with Crippen molar-refractivity contribution in [2.45, 2.75) is 312 Å². The van der Waals surface area contributed by atoms with Crippen LogP contribution in [0, 0.1) is 102 Å². The average molecular weight is 2640 g/mol. The molecule has 0 aliphatic rings. The standard InChI is InChI=1S/C22H25N2.2C19H19N2.C18H17N2.4C11H20O2.4Ir/c1-6-22(5,7-2)18-13-15(3)12-17(14-18)21-23-16(4)19-10-8-9-11-20(19)24-21;1-13-9-14(11-15(10-13)19(2,3)4)18-12-20-16-7-5-6-8-17(16)21-18;1-4-14(3)15-9-13(2)10-16(11-15)19-12-20-17-7-5-6-8-18(17)21-19;1-12(2)14-8-13(3)9-15(10-14)18-11-19-16-6-4-5-7-17(16)20-18;4*1-10(2,3)8(12)7-9(13)11(4,5)6;;;;/h8-11,13-14H,6-7H2,1-5H3;5-8,10-12H,1-4H3;5-9,11-12,14H,4H2,1-3H3;4-8,10-12H,1-3H3;4*7,12H,1-6H3;;;;/q4*-1;;;;;;;;. The number of rotatable bonds is 14. The van der Waals surface area contributed by atoms with Crippen molar-refractivity contribution in [3.63, 3.8) is 0 Å². The number of allylic oxidation sites excluding steroid dienone is 8. The Morgan fingerprint density at radius 2 is 0.585 bits per heavy atom. The van der Waals surface area contributed by atoms with Gasteiger partial charge in [-0.1, -0.05) is 324 Å². The zero-order valence-corrected chi connectivity index (χ0v) is 102. The fourth-order valence-electron chi connectivity index (χ4n) is 12.6. The van der Waals surface area contributed by atoms with Gasteiger partial charge in [0.25, 0.3) is 0 Å². The van der Waals surface area contributed by atoms with Crippen molar-refractivity contribution in [3.8, 4) is 45.2 Å². The summed E-state index contributed by atoms with van der Waals surface area (Å²) in [4.78, 5) is 83.1. The number of carbonyl (C=O) groups is 4. The van der Waals surface area contributed by atoms with Gasteiger partial charge in [0.1, 0.15) is 23.0 Å². The molecule has 4 aromatic heterocycles. The van der Waals surface area contributed by atoms with Crippen LogP contribution >= 0.6 is 0 Å². The number of aromatic nitrogens is 8. The van der Waals surface area contributed by atoms with E-state index in [9.17, 15) is 39.6 Å². The van der Waals surface area contributed by atoms with Gasteiger partial charge in [-0.2, -0.15) is 0 Å². The number of ketones is 4. The van der Waals surface area contributed by atoms with Gasteiger partial charge in [0.15, 0.2) is 23.1 Å². The van der Waals surface area contributed by atoms with Crippen molar-refractivity contribution in [2.75, 3.05) is 0 Å². The molecule has 0 aliphatic heterocycles. The van der Waals surface area contributed by atoms with E-state index in [4.69, 9.17) is 24.9 Å². The number of hydrogen-bond acceptors (Lipinski definition) is 16. The van der Waals surface area contributed by atoms with Crippen LogP contribution < -0.4 is 0 Å². The molecule has 0 aliphatic carbocycles. The predicted molar refractivity (Wildman–Crippen MR) is 577 cm³/mol. The monoisotopic (exact) mass is 2640 g/mol. The molecule has 0 amide bonds. The van der Waals surface area contributed by atoms with E-state index in [1.165, 1.54) is 46.6 Å². The minimum Gasteiger partial charge on any atom is -0.512 e. The largest absolute Gasteiger partial charge is 0.512 e. The number of aryl methyl sites for hydroxylation is 5. The smallest absolute Gasteiger partial charge is 0.164 e. The summed E-state index contributed by atoms with van der Waals surface area (Å²) in [5, 5.41) is 39.4. The maximum absolute atomic E-state index is 11.5. The van der Waals surface area contributed by atoms with Gasteiger partial charge in [0.05, 0.1) is 44.4 Å². The summed E-state index contributed by atoms with van der Waals surface area (Å²) in [6, 6.07) is 63.2. The van der Waals surface area contributed by atoms with Crippen LogP contribution in [0.2, 0.25) is 0 Å². The van der Waals surface area contributed by atoms with Crippen LogP contribution in [0.15, 0.2) is 212 Å². The maximum atomic E-state index is 11.5. The molecule has 0 bridgehead atoms. The summed E-state index contributed by atoms with van der Waals surface area (Å²) >= 11 is 0. The molecule has 4 heterocycles. The van der Waals surface area contributed by atoms with Crippen molar-refractivity contribution in [1.82, 2.24) is 39.9 Å². The second kappa shape index (κ2) is 55.2. The molecule has 1 atom stereocenters. The summed E-state index contributed by atoms with van der Waals surface area (Å²) in [7, 11) is 0. The number of aliphatic hydroxyl groups excluding tert-OH is 4. The molecule has 142 heavy (non-hydrogen) atoms. The summed E-state index contributed by atoms with van der Waals surface area (Å²) in [6.07, 6.45) is 14.2. The Hall–Kier alpha value is -9.44. The van der Waals surface area contributed by atoms with Crippen molar-refractivity contribution in [1.29, 1.82) is 0 Å². The molecular weight excluding hydrogens is 2470 g/mol. The summed E-state index contributed by atoms with van der Waals surface area (Å²) in [6.45, 7) is 77.2. The second-order valence-electron chi connectivity index (χ2n) is 45.9. The van der Waals surface area contributed by atoms with Gasteiger partial charge in [-0.3, -0.25) is 59.0 Å². The minimum atomic E-state index is -0.417. The van der Waals surface area contributed by atoms with Crippen LogP contribution in [0.5, 0.6) is 0 Å². The van der Waals surface area contributed by atoms with Crippen LogP contribution in [-0.4, -0.2) is 83.4 Å². The molecule has 776 valence electrons. The third kappa shape index (κ3) is 41.6. The van der Waals surface area contributed by atoms with Crippen molar-refractivity contribution < 1.29 is 120 Å². The number of carbonyl (C=O) groups excluding carboxylic acids is 4. The average Bonchev–Trinajstić information content (AvgIpc) is 0.788. The first-order chi connectivity index (χ1) is 63.4. The fourth-order valence-corrected chi connectivity index (χ4v) is 12.6. The quantitative estimate of drug-likeness (QED) is 0.0449. The molecule has 4 radical (unpaired) electrons. The van der Waals surface area contributed by atoms with Crippen molar-refractivity contribution in [3.05, 3.63) is 286 Å². The number of nitrogens with zero attached hydrogens (tertiary/aromatic N) is 8. The Morgan fingerprint density at radius 1 is 0.317 bits per heavy atom. The first kappa shape index (κ1) is 131. The molecular formula is C122H160Ir4N8O8-4. The van der Waals surface area contributed by atoms with E-state index < -0.39 is 21.7 Å². The molecule has 0 fully saturated rings. The summed E-state index contributed by atoms with van der Waals surface area (Å²) in [5.41, 5.74) is 21.4. The molecule has 4 N–H and O–H groups in total. The zero-order valence-electron chi connectivity index (χ0n) is 92.0. The molecule has 8 aromatic carbocycles. The Kier molecular flexibility index (Phi) is 50.8. The summed E-state index contributed by atoms with van der Waals surface area (Å²) < 4.78 is 0. The van der Waals surface area contributed by atoms with Gasteiger partial charge < -0.3 is 20.4 Å². The van der Waals surface area contributed by atoms with Crippen LogP contribution in [0.3, 0.4) is 0 Å². The van der Waals surface area contributed by atoms with Gasteiger partial charge in [0, 0.05) is 195 Å². The Bertz CT molecular complexity index is 6110. The predicted octanol–water partition coefficient (Wildman–Crippen LogP) is 32.3. The number of aliphatic hydroxyl groups is 4. The molecule has 12 rings (SSSR count). The minimum absolute atomic E-state index is 0. The molecule has 0 spiro atoms. The molecule has 16 nitrogen and oxygen atoms in total. The van der Waals surface area contributed by atoms with Crippen molar-refractivity contribution in [2.24, 2.45) is 43.3 Å².